The molecular weight excluding hydrogens is 288 g/mol. The standard InChI is InChI=1S/C11H16N2O4S2/c1-9(11(14)15)12-4-6-13(7-5-12)19(16,17)10-3-2-8-18-10/h2-3,8-9H,4-7H2,1H3,(H,14,15). The summed E-state index contributed by atoms with van der Waals surface area (Å²) in [6.07, 6.45) is 0. The largest absolute Gasteiger partial charge is 0.480 e. The van der Waals surface area contributed by atoms with E-state index in [2.05, 4.69) is 0 Å². The van der Waals surface area contributed by atoms with Gasteiger partial charge in [0.2, 0.25) is 0 Å². The molecule has 1 aliphatic rings. The van der Waals surface area contributed by atoms with Gasteiger partial charge in [-0.3, -0.25) is 9.69 Å². The van der Waals surface area contributed by atoms with Crippen molar-refractivity contribution in [3.63, 3.8) is 0 Å². The van der Waals surface area contributed by atoms with Crippen LogP contribution in [-0.2, 0) is 14.8 Å². The van der Waals surface area contributed by atoms with Crippen molar-refractivity contribution in [2.24, 2.45) is 0 Å². The minimum Gasteiger partial charge on any atom is -0.480 e. The number of hydrogen-bond donors (Lipinski definition) is 1. The zero-order valence-corrected chi connectivity index (χ0v) is 12.2. The Balaban J connectivity index is 2.03. The molecule has 1 saturated heterocycles. The molecule has 2 heterocycles. The second-order valence-corrected chi connectivity index (χ2v) is 7.50. The number of sulfonamides is 1. The lowest BCUT2D eigenvalue weighted by Gasteiger charge is -2.35. The normalized spacial score (nSPS) is 20.3. The third-order valence-electron chi connectivity index (χ3n) is 3.27. The molecule has 1 fully saturated rings. The summed E-state index contributed by atoms with van der Waals surface area (Å²) in [6, 6.07) is 2.72. The summed E-state index contributed by atoms with van der Waals surface area (Å²) >= 11 is 1.20. The molecule has 19 heavy (non-hydrogen) atoms. The number of carbonyl (C=O) groups is 1. The van der Waals surface area contributed by atoms with Crippen molar-refractivity contribution in [3.8, 4) is 0 Å². The van der Waals surface area contributed by atoms with Crippen LogP contribution < -0.4 is 0 Å². The predicted molar refractivity (Wildman–Crippen MR) is 71.7 cm³/mol. The molecule has 0 spiro atoms. The van der Waals surface area contributed by atoms with Crippen LogP contribution >= 0.6 is 11.3 Å². The van der Waals surface area contributed by atoms with Crippen molar-refractivity contribution in [2.45, 2.75) is 17.2 Å². The number of nitrogens with zero attached hydrogens (tertiary/aromatic N) is 2. The fraction of sp³-hybridized carbons (Fsp3) is 0.545. The molecule has 2 rings (SSSR count). The SMILES string of the molecule is CC(C(=O)O)N1CCN(S(=O)(=O)c2cccs2)CC1. The minimum atomic E-state index is -3.41. The first kappa shape index (κ1) is 14.4. The Morgan fingerprint density at radius 1 is 1.37 bits per heavy atom. The molecule has 1 unspecified atom stereocenters. The number of carboxylic acid groups (broad SMARTS) is 1. The lowest BCUT2D eigenvalue weighted by atomic mass is 10.2. The second-order valence-electron chi connectivity index (χ2n) is 4.39. The zero-order chi connectivity index (χ0) is 14.0. The van der Waals surface area contributed by atoms with E-state index < -0.39 is 22.0 Å². The third kappa shape index (κ3) is 2.97. The van der Waals surface area contributed by atoms with Gasteiger partial charge in [0.05, 0.1) is 0 Å². The van der Waals surface area contributed by atoms with E-state index in [1.54, 1.807) is 29.3 Å². The van der Waals surface area contributed by atoms with Gasteiger partial charge in [-0.15, -0.1) is 11.3 Å². The summed E-state index contributed by atoms with van der Waals surface area (Å²) in [5, 5.41) is 10.7. The van der Waals surface area contributed by atoms with E-state index in [4.69, 9.17) is 5.11 Å². The molecule has 0 aromatic carbocycles. The van der Waals surface area contributed by atoms with Gasteiger partial charge in [0, 0.05) is 26.2 Å². The van der Waals surface area contributed by atoms with Gasteiger partial charge < -0.3 is 5.11 Å². The summed E-state index contributed by atoms with van der Waals surface area (Å²) in [6.45, 7) is 3.16. The highest BCUT2D eigenvalue weighted by Crippen LogP contribution is 2.22. The Bertz CT molecular complexity index is 533. The monoisotopic (exact) mass is 304 g/mol. The lowest BCUT2D eigenvalue weighted by Crippen LogP contribution is -2.52. The first-order chi connectivity index (χ1) is 8.93. The molecule has 106 valence electrons. The van der Waals surface area contributed by atoms with Crippen LogP contribution in [0.25, 0.3) is 0 Å². The summed E-state index contributed by atoms with van der Waals surface area (Å²) in [5.41, 5.74) is 0. The van der Waals surface area contributed by atoms with Crippen molar-refractivity contribution in [1.82, 2.24) is 9.21 Å². The summed E-state index contributed by atoms with van der Waals surface area (Å²) in [5.74, 6) is -0.880. The molecule has 8 heteroatoms. The molecule has 0 radical (unpaired) electrons. The topological polar surface area (TPSA) is 77.9 Å². The van der Waals surface area contributed by atoms with Gasteiger partial charge in [-0.05, 0) is 18.4 Å². The van der Waals surface area contributed by atoms with Crippen molar-refractivity contribution in [1.29, 1.82) is 0 Å². The van der Waals surface area contributed by atoms with E-state index in [0.717, 1.165) is 0 Å². The molecule has 1 aliphatic heterocycles. The second kappa shape index (κ2) is 5.58. The Morgan fingerprint density at radius 3 is 2.47 bits per heavy atom. The van der Waals surface area contributed by atoms with Crippen LogP contribution in [0.4, 0.5) is 0 Å². The molecule has 0 bridgehead atoms. The molecule has 0 aliphatic carbocycles. The van der Waals surface area contributed by atoms with Gasteiger partial charge in [-0.25, -0.2) is 8.42 Å². The minimum absolute atomic E-state index is 0.331. The fourth-order valence-corrected chi connectivity index (χ4v) is 4.59. The van der Waals surface area contributed by atoms with E-state index in [0.29, 0.717) is 30.4 Å². The lowest BCUT2D eigenvalue weighted by molar-refractivity contribution is -0.143. The summed E-state index contributed by atoms with van der Waals surface area (Å²) < 4.78 is 26.3. The van der Waals surface area contributed by atoms with Crippen LogP contribution in [0.15, 0.2) is 21.7 Å². The quantitative estimate of drug-likeness (QED) is 0.878. The highest BCUT2D eigenvalue weighted by atomic mass is 32.2. The third-order valence-corrected chi connectivity index (χ3v) is 6.54. The molecular formula is C11H16N2O4S2. The Hall–Kier alpha value is -0.960. The number of rotatable bonds is 4. The molecule has 1 aromatic rings. The van der Waals surface area contributed by atoms with E-state index in [1.165, 1.54) is 15.6 Å². The first-order valence-corrected chi connectivity index (χ1v) is 8.25. The Kier molecular flexibility index (Phi) is 4.24. The average molecular weight is 304 g/mol. The summed E-state index contributed by atoms with van der Waals surface area (Å²) in [4.78, 5) is 12.7. The molecule has 0 amide bonds. The first-order valence-electron chi connectivity index (χ1n) is 5.93. The van der Waals surface area contributed by atoms with Crippen LogP contribution in [0, 0.1) is 0 Å². The van der Waals surface area contributed by atoms with Crippen molar-refractivity contribution < 1.29 is 18.3 Å². The number of carboxylic acids is 1. The number of aliphatic carboxylic acids is 1. The van der Waals surface area contributed by atoms with E-state index in [1.807, 2.05) is 0 Å². The highest BCUT2D eigenvalue weighted by molar-refractivity contribution is 7.91. The fourth-order valence-electron chi connectivity index (χ4n) is 2.02. The highest BCUT2D eigenvalue weighted by Gasteiger charge is 2.31. The smallest absolute Gasteiger partial charge is 0.320 e. The molecule has 1 aromatic heterocycles. The van der Waals surface area contributed by atoms with Crippen LogP contribution in [0.5, 0.6) is 0 Å². The molecule has 6 nitrogen and oxygen atoms in total. The van der Waals surface area contributed by atoms with Crippen LogP contribution in [0.2, 0.25) is 0 Å². The number of thiophene rings is 1. The van der Waals surface area contributed by atoms with Crippen LogP contribution in [0.3, 0.4) is 0 Å². The van der Waals surface area contributed by atoms with Gasteiger partial charge in [-0.1, -0.05) is 6.07 Å². The van der Waals surface area contributed by atoms with Crippen molar-refractivity contribution >= 4 is 27.3 Å². The maximum atomic E-state index is 12.3. The molecule has 1 N–H and O–H groups in total. The molecule has 1 atom stereocenters. The van der Waals surface area contributed by atoms with Crippen LogP contribution in [0.1, 0.15) is 6.92 Å². The summed E-state index contributed by atoms with van der Waals surface area (Å²) in [7, 11) is -3.41. The zero-order valence-electron chi connectivity index (χ0n) is 10.5. The van der Waals surface area contributed by atoms with E-state index in [9.17, 15) is 13.2 Å². The van der Waals surface area contributed by atoms with Gasteiger partial charge in [0.25, 0.3) is 10.0 Å². The van der Waals surface area contributed by atoms with Crippen molar-refractivity contribution in [3.05, 3.63) is 17.5 Å². The van der Waals surface area contributed by atoms with E-state index >= 15 is 0 Å². The maximum absolute atomic E-state index is 12.3. The van der Waals surface area contributed by atoms with Gasteiger partial charge in [0.15, 0.2) is 0 Å². The van der Waals surface area contributed by atoms with Crippen molar-refractivity contribution in [2.75, 3.05) is 26.2 Å². The number of hydrogen-bond acceptors (Lipinski definition) is 5. The average Bonchev–Trinajstić information content (AvgIpc) is 2.92. The van der Waals surface area contributed by atoms with Gasteiger partial charge >= 0.3 is 5.97 Å². The van der Waals surface area contributed by atoms with Crippen LogP contribution in [-0.4, -0.2) is 60.9 Å². The van der Waals surface area contributed by atoms with Gasteiger partial charge in [0.1, 0.15) is 10.3 Å². The molecule has 0 saturated carbocycles. The van der Waals surface area contributed by atoms with E-state index in [-0.39, 0.29) is 0 Å². The number of piperazine rings is 1. The van der Waals surface area contributed by atoms with Gasteiger partial charge in [-0.2, -0.15) is 4.31 Å². The Labute approximate surface area is 116 Å². The Morgan fingerprint density at radius 2 is 2.00 bits per heavy atom. The maximum Gasteiger partial charge on any atom is 0.320 e. The predicted octanol–water partition coefficient (Wildman–Crippen LogP) is 0.528.